The zero-order valence-corrected chi connectivity index (χ0v) is 9.56. The smallest absolute Gasteiger partial charge is 0.122 e. The maximum atomic E-state index is 11.0. The summed E-state index contributed by atoms with van der Waals surface area (Å²) in [6.45, 7) is 0. The molecule has 1 N–H and O–H groups in total. The molecule has 0 amide bonds. The van der Waals surface area contributed by atoms with Crippen molar-refractivity contribution in [2.24, 2.45) is 0 Å². The predicted octanol–water partition coefficient (Wildman–Crippen LogP) is 2.97. The van der Waals surface area contributed by atoms with Gasteiger partial charge in [0.2, 0.25) is 0 Å². The molecule has 0 aliphatic heterocycles. The molecule has 17 heavy (non-hydrogen) atoms. The minimum atomic E-state index is -0.717. The Labute approximate surface area is 101 Å². The zero-order valence-electron chi connectivity index (χ0n) is 9.56. The van der Waals surface area contributed by atoms with E-state index < -0.39 is 5.60 Å². The second-order valence-corrected chi connectivity index (χ2v) is 5.10. The van der Waals surface area contributed by atoms with Gasteiger partial charge in [-0.3, -0.25) is 0 Å². The fourth-order valence-electron chi connectivity index (χ4n) is 3.59. The van der Waals surface area contributed by atoms with E-state index in [1.54, 1.807) is 0 Å². The maximum Gasteiger partial charge on any atom is 0.122 e. The normalized spacial score (nSPS) is 28.6. The molecule has 0 bridgehead atoms. The van der Waals surface area contributed by atoms with Crippen LogP contribution in [0.2, 0.25) is 0 Å². The topological polar surface area (TPSA) is 20.2 Å². The van der Waals surface area contributed by atoms with Crippen LogP contribution in [0, 0.1) is 0 Å². The van der Waals surface area contributed by atoms with Crippen LogP contribution in [-0.2, 0) is 12.0 Å². The minimum Gasteiger partial charge on any atom is -0.380 e. The Morgan fingerprint density at radius 1 is 0.941 bits per heavy atom. The number of aliphatic hydroxyl groups is 1. The third kappa shape index (κ3) is 0.985. The highest BCUT2D eigenvalue weighted by Gasteiger charge is 2.53. The van der Waals surface area contributed by atoms with Gasteiger partial charge < -0.3 is 5.11 Å². The summed E-state index contributed by atoms with van der Waals surface area (Å²) in [4.78, 5) is 0. The van der Waals surface area contributed by atoms with E-state index in [0.717, 1.165) is 24.0 Å². The largest absolute Gasteiger partial charge is 0.380 e. The van der Waals surface area contributed by atoms with Crippen LogP contribution in [0.4, 0.5) is 0 Å². The van der Waals surface area contributed by atoms with E-state index in [2.05, 4.69) is 36.4 Å². The van der Waals surface area contributed by atoms with Crippen molar-refractivity contribution in [3.05, 3.63) is 70.8 Å². The summed E-state index contributed by atoms with van der Waals surface area (Å²) < 4.78 is 0. The molecule has 1 heteroatoms. The molecule has 0 fully saturated rings. The predicted molar refractivity (Wildman–Crippen MR) is 66.9 cm³/mol. The molecular formula is C16H14O. The number of hydrogen-bond donors (Lipinski definition) is 1. The summed E-state index contributed by atoms with van der Waals surface area (Å²) in [5.41, 5.74) is 4.16. The van der Waals surface area contributed by atoms with Crippen LogP contribution in [0.3, 0.4) is 0 Å². The van der Waals surface area contributed by atoms with E-state index in [1.807, 2.05) is 12.1 Å². The molecule has 2 aliphatic rings. The maximum absolute atomic E-state index is 11.0. The fourth-order valence-corrected chi connectivity index (χ4v) is 3.59. The van der Waals surface area contributed by atoms with Crippen molar-refractivity contribution in [2.45, 2.75) is 24.4 Å². The Balaban J connectivity index is 2.00. The summed E-state index contributed by atoms with van der Waals surface area (Å²) in [6, 6.07) is 16.6. The SMILES string of the molecule is O[C@]12c3ccccc3CC[C@H]1c1ccccc12. The van der Waals surface area contributed by atoms with E-state index in [-0.39, 0.29) is 0 Å². The van der Waals surface area contributed by atoms with Crippen LogP contribution in [0.15, 0.2) is 48.5 Å². The molecule has 0 heterocycles. The standard InChI is InChI=1S/C16H14O/c17-16-13-7-3-1-5-11(13)9-10-15(16)12-6-2-4-8-14(12)16/h1-8,15,17H,9-10H2/t15-,16-/m0/s1. The van der Waals surface area contributed by atoms with Crippen LogP contribution in [-0.4, -0.2) is 5.11 Å². The van der Waals surface area contributed by atoms with Crippen molar-refractivity contribution in [2.75, 3.05) is 0 Å². The number of rotatable bonds is 0. The Morgan fingerprint density at radius 2 is 1.65 bits per heavy atom. The van der Waals surface area contributed by atoms with Crippen LogP contribution in [0.1, 0.15) is 34.6 Å². The number of fused-ring (bicyclic) bond motifs is 6. The quantitative estimate of drug-likeness (QED) is 0.726. The molecule has 2 atom stereocenters. The summed E-state index contributed by atoms with van der Waals surface area (Å²) >= 11 is 0. The second kappa shape index (κ2) is 2.99. The van der Waals surface area contributed by atoms with Gasteiger partial charge in [-0.15, -0.1) is 0 Å². The fraction of sp³-hybridized carbons (Fsp3) is 0.250. The Kier molecular flexibility index (Phi) is 1.66. The van der Waals surface area contributed by atoms with Crippen LogP contribution >= 0.6 is 0 Å². The van der Waals surface area contributed by atoms with E-state index >= 15 is 0 Å². The van der Waals surface area contributed by atoms with Gasteiger partial charge in [0.15, 0.2) is 0 Å². The van der Waals surface area contributed by atoms with Crippen molar-refractivity contribution in [3.8, 4) is 0 Å². The highest BCUT2D eigenvalue weighted by atomic mass is 16.3. The van der Waals surface area contributed by atoms with Gasteiger partial charge in [0.05, 0.1) is 0 Å². The molecule has 0 unspecified atom stereocenters. The lowest BCUT2D eigenvalue weighted by molar-refractivity contribution is 0.00980. The lowest BCUT2D eigenvalue weighted by Gasteiger charge is -2.51. The van der Waals surface area contributed by atoms with Gasteiger partial charge in [-0.2, -0.15) is 0 Å². The monoisotopic (exact) mass is 222 g/mol. The third-order valence-corrected chi connectivity index (χ3v) is 4.38. The molecule has 0 radical (unpaired) electrons. The molecule has 1 nitrogen and oxygen atoms in total. The highest BCUT2D eigenvalue weighted by Crippen LogP contribution is 2.58. The summed E-state index contributed by atoms with van der Waals surface area (Å²) in [5, 5.41) is 11.0. The Morgan fingerprint density at radius 3 is 2.53 bits per heavy atom. The van der Waals surface area contributed by atoms with E-state index in [9.17, 15) is 5.11 Å². The highest BCUT2D eigenvalue weighted by molar-refractivity contribution is 5.58. The average Bonchev–Trinajstić information content (AvgIpc) is 2.38. The van der Waals surface area contributed by atoms with Crippen LogP contribution in [0.5, 0.6) is 0 Å². The molecule has 0 saturated heterocycles. The van der Waals surface area contributed by atoms with Gasteiger partial charge in [0, 0.05) is 5.92 Å². The number of hydrogen-bond acceptors (Lipinski definition) is 1. The van der Waals surface area contributed by atoms with Crippen molar-refractivity contribution >= 4 is 0 Å². The van der Waals surface area contributed by atoms with E-state index in [1.165, 1.54) is 11.1 Å². The molecule has 2 aliphatic carbocycles. The minimum absolute atomic E-state index is 0.300. The molecule has 0 spiro atoms. The summed E-state index contributed by atoms with van der Waals surface area (Å²) in [5.74, 6) is 0.300. The molecule has 2 aromatic carbocycles. The lowest BCUT2D eigenvalue weighted by atomic mass is 9.56. The lowest BCUT2D eigenvalue weighted by Crippen LogP contribution is -2.47. The second-order valence-electron chi connectivity index (χ2n) is 5.10. The van der Waals surface area contributed by atoms with Gasteiger partial charge in [-0.05, 0) is 35.1 Å². The molecule has 0 saturated carbocycles. The first kappa shape index (κ1) is 9.43. The van der Waals surface area contributed by atoms with Gasteiger partial charge in [0.25, 0.3) is 0 Å². The Bertz CT molecular complexity index is 602. The van der Waals surface area contributed by atoms with Gasteiger partial charge in [0.1, 0.15) is 5.60 Å². The molecule has 2 aromatic rings. The van der Waals surface area contributed by atoms with Crippen molar-refractivity contribution < 1.29 is 5.11 Å². The number of benzene rings is 2. The van der Waals surface area contributed by atoms with Crippen molar-refractivity contribution in [1.29, 1.82) is 0 Å². The van der Waals surface area contributed by atoms with E-state index in [4.69, 9.17) is 0 Å². The summed E-state index contributed by atoms with van der Waals surface area (Å²) in [7, 11) is 0. The first-order valence-corrected chi connectivity index (χ1v) is 6.22. The van der Waals surface area contributed by atoms with E-state index in [0.29, 0.717) is 5.92 Å². The average molecular weight is 222 g/mol. The van der Waals surface area contributed by atoms with Gasteiger partial charge >= 0.3 is 0 Å². The van der Waals surface area contributed by atoms with Crippen molar-refractivity contribution in [3.63, 3.8) is 0 Å². The van der Waals surface area contributed by atoms with Crippen molar-refractivity contribution in [1.82, 2.24) is 0 Å². The molecule has 0 aromatic heterocycles. The molecule has 84 valence electrons. The number of aryl methyl sites for hydroxylation is 1. The molecule has 4 rings (SSSR count). The van der Waals surface area contributed by atoms with Gasteiger partial charge in [-0.1, -0.05) is 48.5 Å². The van der Waals surface area contributed by atoms with Gasteiger partial charge in [-0.25, -0.2) is 0 Å². The first-order valence-electron chi connectivity index (χ1n) is 6.22. The van der Waals surface area contributed by atoms with Crippen LogP contribution < -0.4 is 0 Å². The first-order chi connectivity index (χ1) is 8.32. The Hall–Kier alpha value is -1.60. The third-order valence-electron chi connectivity index (χ3n) is 4.38. The van der Waals surface area contributed by atoms with Crippen LogP contribution in [0.25, 0.3) is 0 Å². The molecular weight excluding hydrogens is 208 g/mol. The zero-order chi connectivity index (χ0) is 11.5. The summed E-state index contributed by atoms with van der Waals surface area (Å²) in [6.07, 6.45) is 2.14.